The largest absolute Gasteiger partial charge is 0.456 e. The zero-order valence-electron chi connectivity index (χ0n) is 24.2. The predicted octanol–water partition coefficient (Wildman–Crippen LogP) is -0.711. The van der Waals surface area contributed by atoms with Crippen molar-refractivity contribution in [1.29, 1.82) is 0 Å². The van der Waals surface area contributed by atoms with E-state index < -0.39 is 90.5 Å². The summed E-state index contributed by atoms with van der Waals surface area (Å²) in [4.78, 5) is 74.4. The van der Waals surface area contributed by atoms with Gasteiger partial charge in [0.05, 0.1) is 12.3 Å². The number of ether oxygens (including phenoxy) is 9. The topological polar surface area (TPSA) is 189 Å². The molecule has 0 bridgehead atoms. The molecule has 0 radical (unpaired) electrons. The Morgan fingerprint density at radius 3 is 1.62 bits per heavy atom. The van der Waals surface area contributed by atoms with Crippen LogP contribution in [-0.2, 0) is 71.4 Å². The first-order valence-electron chi connectivity index (χ1n) is 12.9. The lowest BCUT2D eigenvalue weighted by atomic mass is 9.96. The third-order valence-corrected chi connectivity index (χ3v) is 7.71. The molecule has 0 aromatic rings. The zero-order valence-corrected chi connectivity index (χ0v) is 25.0. The van der Waals surface area contributed by atoms with Crippen LogP contribution in [0.3, 0.4) is 0 Å². The van der Waals surface area contributed by atoms with E-state index in [9.17, 15) is 28.8 Å². The SMILES string of the molecule is CO[C@H]1OC([C@H]2SCC(=O)N2C[C@@H]2O[C@@H](OC)[C@H](OC(C)=O)[C@@H]2OC(C)=O)[C@@H](OC(C)=O)[C@H](OC(C)=O)[C@H]1OC(C)=O. The summed E-state index contributed by atoms with van der Waals surface area (Å²) in [6.45, 7) is 5.54. The van der Waals surface area contributed by atoms with Gasteiger partial charge < -0.3 is 47.5 Å². The summed E-state index contributed by atoms with van der Waals surface area (Å²) in [6.07, 6.45) is -10.9. The van der Waals surface area contributed by atoms with Gasteiger partial charge in [0.25, 0.3) is 0 Å². The maximum atomic E-state index is 13.2. The smallest absolute Gasteiger partial charge is 0.303 e. The van der Waals surface area contributed by atoms with Crippen molar-refractivity contribution in [3.63, 3.8) is 0 Å². The van der Waals surface area contributed by atoms with Crippen molar-refractivity contribution >= 4 is 47.5 Å². The molecule has 3 rings (SSSR count). The monoisotopic (exact) mass is 621 g/mol. The molecule has 0 aliphatic carbocycles. The first kappa shape index (κ1) is 33.5. The fourth-order valence-electron chi connectivity index (χ4n) is 5.05. The van der Waals surface area contributed by atoms with Crippen LogP contribution in [0, 0.1) is 0 Å². The molecule has 3 saturated heterocycles. The summed E-state index contributed by atoms with van der Waals surface area (Å²) in [6, 6.07) is 0. The van der Waals surface area contributed by atoms with Crippen molar-refractivity contribution in [3.8, 4) is 0 Å². The Morgan fingerprint density at radius 2 is 1.12 bits per heavy atom. The van der Waals surface area contributed by atoms with Gasteiger partial charge in [-0.1, -0.05) is 0 Å². The van der Waals surface area contributed by atoms with Crippen molar-refractivity contribution in [2.75, 3.05) is 26.5 Å². The minimum atomic E-state index is -1.36. The second-order valence-electron chi connectivity index (χ2n) is 9.60. The van der Waals surface area contributed by atoms with E-state index >= 15 is 0 Å². The highest BCUT2D eigenvalue weighted by molar-refractivity contribution is 8.01. The summed E-state index contributed by atoms with van der Waals surface area (Å²) < 4.78 is 49.8. The Kier molecular flexibility index (Phi) is 11.5. The van der Waals surface area contributed by atoms with Crippen LogP contribution in [0.1, 0.15) is 34.6 Å². The number of hydrogen-bond acceptors (Lipinski definition) is 16. The molecule has 0 saturated carbocycles. The number of nitrogens with zero attached hydrogens (tertiary/aromatic N) is 1. The Bertz CT molecular complexity index is 1050. The number of carbonyl (C=O) groups excluding carboxylic acids is 6. The molecule has 0 spiro atoms. The van der Waals surface area contributed by atoms with Crippen LogP contribution in [0.25, 0.3) is 0 Å². The van der Waals surface area contributed by atoms with Crippen LogP contribution < -0.4 is 0 Å². The van der Waals surface area contributed by atoms with Gasteiger partial charge in [-0.05, 0) is 0 Å². The lowest BCUT2D eigenvalue weighted by Crippen LogP contribution is -2.65. The van der Waals surface area contributed by atoms with Gasteiger partial charge in [0.15, 0.2) is 43.1 Å². The van der Waals surface area contributed by atoms with Gasteiger partial charge >= 0.3 is 29.8 Å². The van der Waals surface area contributed by atoms with Crippen LogP contribution in [0.5, 0.6) is 0 Å². The zero-order chi connectivity index (χ0) is 31.3. The van der Waals surface area contributed by atoms with Crippen LogP contribution in [0.2, 0.25) is 0 Å². The maximum Gasteiger partial charge on any atom is 0.303 e. The molecule has 42 heavy (non-hydrogen) atoms. The summed E-state index contributed by atoms with van der Waals surface area (Å²) in [5, 5.41) is -0.883. The fourth-order valence-corrected chi connectivity index (χ4v) is 6.32. The van der Waals surface area contributed by atoms with E-state index in [-0.39, 0.29) is 18.2 Å². The molecule has 1 unspecified atom stereocenters. The quantitative estimate of drug-likeness (QED) is 0.219. The molecule has 0 aromatic carbocycles. The predicted molar refractivity (Wildman–Crippen MR) is 137 cm³/mol. The Hall–Kier alpha value is -2.99. The molecule has 3 fully saturated rings. The number of hydrogen-bond donors (Lipinski definition) is 0. The normalized spacial score (nSPS) is 34.5. The van der Waals surface area contributed by atoms with E-state index in [1.165, 1.54) is 33.0 Å². The van der Waals surface area contributed by atoms with Crippen molar-refractivity contribution in [2.45, 2.75) is 95.3 Å². The molecule has 3 aliphatic heterocycles. The van der Waals surface area contributed by atoms with Crippen LogP contribution >= 0.6 is 11.8 Å². The molecule has 1 amide bonds. The standard InChI is InChI=1S/C25H35NO15S/c1-10(27)35-17-15(40-24(33-6)21(17)38-13(4)30)8-26-16(32)9-42-23(26)20-18(36-11(2)28)19(37-12(3)29)22(39-14(5)31)25(34-7)41-20/h15,17-25H,8-9H2,1-7H3/t15-,17+,18-,19-,20?,21+,22+,23+,24+,25-/m0/s1. The van der Waals surface area contributed by atoms with E-state index in [1.807, 2.05) is 0 Å². The van der Waals surface area contributed by atoms with Gasteiger partial charge in [0.2, 0.25) is 5.91 Å². The minimum Gasteiger partial charge on any atom is -0.456 e. The number of thioether (sulfide) groups is 1. The molecule has 3 aliphatic rings. The third-order valence-electron chi connectivity index (χ3n) is 6.44. The van der Waals surface area contributed by atoms with Crippen molar-refractivity contribution in [2.24, 2.45) is 0 Å². The van der Waals surface area contributed by atoms with Crippen molar-refractivity contribution in [1.82, 2.24) is 4.90 Å². The first-order chi connectivity index (χ1) is 19.8. The van der Waals surface area contributed by atoms with Gasteiger partial charge in [-0.25, -0.2) is 0 Å². The summed E-state index contributed by atoms with van der Waals surface area (Å²) >= 11 is 1.14. The van der Waals surface area contributed by atoms with E-state index in [0.29, 0.717) is 0 Å². The molecular formula is C25H35NO15S. The summed E-state index contributed by atoms with van der Waals surface area (Å²) in [5.74, 6) is -4.00. The highest BCUT2D eigenvalue weighted by Gasteiger charge is 2.58. The molecule has 17 heteroatoms. The highest BCUT2D eigenvalue weighted by atomic mass is 32.2. The number of carbonyl (C=O) groups is 6. The second-order valence-corrected chi connectivity index (χ2v) is 10.7. The number of esters is 5. The number of methoxy groups -OCH3 is 2. The summed E-state index contributed by atoms with van der Waals surface area (Å²) in [5.41, 5.74) is 0. The second kappa shape index (κ2) is 14.5. The average Bonchev–Trinajstić information content (AvgIpc) is 3.39. The third kappa shape index (κ3) is 7.89. The van der Waals surface area contributed by atoms with Crippen molar-refractivity contribution in [3.05, 3.63) is 0 Å². The molecule has 3 heterocycles. The van der Waals surface area contributed by atoms with Gasteiger partial charge in [0, 0.05) is 48.8 Å². The van der Waals surface area contributed by atoms with Crippen LogP contribution in [-0.4, -0.2) is 128 Å². The summed E-state index contributed by atoms with van der Waals surface area (Å²) in [7, 11) is 2.59. The van der Waals surface area contributed by atoms with Gasteiger partial charge in [-0.3, -0.25) is 28.8 Å². The molecular weight excluding hydrogens is 586 g/mol. The molecule has 16 nitrogen and oxygen atoms in total. The van der Waals surface area contributed by atoms with Gasteiger partial charge in [-0.15, -0.1) is 11.8 Å². The first-order valence-corrected chi connectivity index (χ1v) is 14.0. The molecule has 10 atom stereocenters. The van der Waals surface area contributed by atoms with Crippen molar-refractivity contribution < 1.29 is 71.4 Å². The lowest BCUT2D eigenvalue weighted by molar-refractivity contribution is -0.301. The van der Waals surface area contributed by atoms with Gasteiger partial charge in [0.1, 0.15) is 17.6 Å². The van der Waals surface area contributed by atoms with E-state index in [4.69, 9.17) is 42.6 Å². The highest BCUT2D eigenvalue weighted by Crippen LogP contribution is 2.39. The van der Waals surface area contributed by atoms with E-state index in [0.717, 1.165) is 32.5 Å². The molecule has 0 N–H and O–H groups in total. The fraction of sp³-hybridized carbons (Fsp3) is 0.760. The average molecular weight is 622 g/mol. The molecule has 236 valence electrons. The van der Waals surface area contributed by atoms with E-state index in [1.54, 1.807) is 0 Å². The number of amides is 1. The van der Waals surface area contributed by atoms with Crippen LogP contribution in [0.4, 0.5) is 0 Å². The Morgan fingerprint density at radius 1 is 0.690 bits per heavy atom. The lowest BCUT2D eigenvalue weighted by Gasteiger charge is -2.46. The maximum absolute atomic E-state index is 13.2. The van der Waals surface area contributed by atoms with E-state index in [2.05, 4.69) is 0 Å². The Balaban J connectivity index is 1.98. The number of rotatable bonds is 10. The Labute approximate surface area is 245 Å². The van der Waals surface area contributed by atoms with Crippen LogP contribution in [0.15, 0.2) is 0 Å². The molecule has 0 aromatic heterocycles. The minimum absolute atomic E-state index is 0.0212. The van der Waals surface area contributed by atoms with Gasteiger partial charge in [-0.2, -0.15) is 0 Å².